The molecule has 0 aliphatic carbocycles. The molecule has 0 spiro atoms. The van der Waals surface area contributed by atoms with E-state index in [1.807, 2.05) is 4.57 Å². The second-order valence-corrected chi connectivity index (χ2v) is 5.10. The molecule has 5 nitrogen and oxygen atoms in total. The van der Waals surface area contributed by atoms with E-state index in [2.05, 4.69) is 15.1 Å². The van der Waals surface area contributed by atoms with E-state index in [-0.39, 0.29) is 0 Å². The van der Waals surface area contributed by atoms with Gasteiger partial charge in [0.25, 0.3) is 0 Å². The Morgan fingerprint density at radius 1 is 1.25 bits per heavy atom. The molecule has 2 atom stereocenters. The van der Waals surface area contributed by atoms with Gasteiger partial charge in [-0.05, 0) is 38.0 Å². The van der Waals surface area contributed by atoms with Crippen LogP contribution < -0.4 is 5.73 Å². The highest BCUT2D eigenvalue weighted by atomic mass is 32.1. The minimum absolute atomic E-state index is 0.423. The molecule has 0 aromatic carbocycles. The highest BCUT2D eigenvalue weighted by Gasteiger charge is 2.37. The minimum Gasteiger partial charge on any atom is -0.368 e. The number of nitrogen functional groups attached to an aromatic ring is 1. The summed E-state index contributed by atoms with van der Waals surface area (Å²) in [5.74, 6) is 0.530. The van der Waals surface area contributed by atoms with Crippen molar-refractivity contribution < 1.29 is 0 Å². The number of fused-ring (bicyclic) bond motifs is 1. The van der Waals surface area contributed by atoms with Crippen LogP contribution in [-0.4, -0.2) is 38.8 Å². The van der Waals surface area contributed by atoms with Crippen molar-refractivity contribution in [1.82, 2.24) is 19.7 Å². The monoisotopic (exact) mass is 239 g/mol. The summed E-state index contributed by atoms with van der Waals surface area (Å²) in [5, 5.41) is 6.78. The Hall–Kier alpha value is -0.880. The first-order valence-electron chi connectivity index (χ1n) is 5.94. The number of aromatic nitrogens is 3. The van der Waals surface area contributed by atoms with Gasteiger partial charge in [-0.3, -0.25) is 9.47 Å². The maximum absolute atomic E-state index is 5.88. The Bertz CT molecular complexity index is 437. The van der Waals surface area contributed by atoms with Gasteiger partial charge in [-0.25, -0.2) is 5.10 Å². The molecule has 16 heavy (non-hydrogen) atoms. The number of piperidine rings is 1. The molecule has 2 unspecified atom stereocenters. The Kier molecular flexibility index (Phi) is 2.48. The Labute approximate surface area is 99.6 Å². The van der Waals surface area contributed by atoms with Crippen LogP contribution in [0.5, 0.6) is 0 Å². The van der Waals surface area contributed by atoms with Gasteiger partial charge in [-0.15, -0.1) is 5.10 Å². The van der Waals surface area contributed by atoms with Crippen LogP contribution in [0, 0.1) is 4.77 Å². The fourth-order valence-electron chi connectivity index (χ4n) is 3.16. The van der Waals surface area contributed by atoms with Gasteiger partial charge in [0.15, 0.2) is 4.77 Å². The maximum atomic E-state index is 5.88. The molecule has 2 aliphatic heterocycles. The van der Waals surface area contributed by atoms with Crippen molar-refractivity contribution in [2.24, 2.45) is 0 Å². The number of hydrogen-bond acceptors (Lipinski definition) is 4. The number of rotatable bonds is 1. The molecule has 0 amide bonds. The summed E-state index contributed by atoms with van der Waals surface area (Å²) in [6, 6.07) is 1.03. The zero-order valence-corrected chi connectivity index (χ0v) is 10.0. The summed E-state index contributed by atoms with van der Waals surface area (Å²) < 4.78 is 2.67. The first kappa shape index (κ1) is 10.3. The molecular weight excluding hydrogens is 222 g/mol. The fraction of sp³-hybridized carbons (Fsp3) is 0.800. The molecule has 6 heteroatoms. The average molecular weight is 239 g/mol. The third kappa shape index (κ3) is 1.48. The van der Waals surface area contributed by atoms with Crippen LogP contribution in [0.1, 0.15) is 31.7 Å². The van der Waals surface area contributed by atoms with Crippen molar-refractivity contribution in [3.05, 3.63) is 4.77 Å². The van der Waals surface area contributed by atoms with E-state index < -0.39 is 0 Å². The molecule has 3 N–H and O–H groups in total. The second kappa shape index (κ2) is 3.85. The number of nitrogens with zero attached hydrogens (tertiary/aromatic N) is 3. The van der Waals surface area contributed by atoms with Crippen LogP contribution in [0.25, 0.3) is 0 Å². The van der Waals surface area contributed by atoms with Crippen LogP contribution in [-0.2, 0) is 0 Å². The molecule has 2 saturated heterocycles. The van der Waals surface area contributed by atoms with Crippen molar-refractivity contribution in [3.63, 3.8) is 0 Å². The van der Waals surface area contributed by atoms with E-state index in [1.54, 1.807) is 0 Å². The zero-order chi connectivity index (χ0) is 11.1. The van der Waals surface area contributed by atoms with E-state index in [4.69, 9.17) is 18.0 Å². The summed E-state index contributed by atoms with van der Waals surface area (Å²) in [7, 11) is 0. The van der Waals surface area contributed by atoms with E-state index >= 15 is 0 Å². The summed E-state index contributed by atoms with van der Waals surface area (Å²) in [6.07, 6.45) is 5.05. The molecular formula is C10H17N5S. The van der Waals surface area contributed by atoms with Gasteiger partial charge >= 0.3 is 0 Å². The lowest BCUT2D eigenvalue weighted by Crippen LogP contribution is -2.38. The minimum atomic E-state index is 0.423. The largest absolute Gasteiger partial charge is 0.368 e. The van der Waals surface area contributed by atoms with Gasteiger partial charge in [-0.1, -0.05) is 6.42 Å². The number of hydrogen-bond donors (Lipinski definition) is 2. The second-order valence-electron chi connectivity index (χ2n) is 4.71. The molecule has 3 rings (SSSR count). The van der Waals surface area contributed by atoms with Crippen LogP contribution in [0.4, 0.5) is 5.95 Å². The molecule has 0 radical (unpaired) electrons. The van der Waals surface area contributed by atoms with Crippen molar-refractivity contribution in [2.45, 2.75) is 37.8 Å². The summed E-state index contributed by atoms with van der Waals surface area (Å²) in [6.45, 7) is 2.40. The molecule has 2 aliphatic rings. The van der Waals surface area contributed by atoms with Gasteiger partial charge < -0.3 is 5.73 Å². The molecule has 1 aromatic rings. The number of aromatic amines is 1. The predicted molar refractivity (Wildman–Crippen MR) is 64.7 cm³/mol. The predicted octanol–water partition coefficient (Wildman–Crippen LogP) is 1.32. The van der Waals surface area contributed by atoms with Gasteiger partial charge in [0, 0.05) is 12.6 Å². The Balaban J connectivity index is 1.93. The smallest absolute Gasteiger partial charge is 0.220 e. The van der Waals surface area contributed by atoms with Crippen molar-refractivity contribution in [1.29, 1.82) is 0 Å². The number of anilines is 1. The Morgan fingerprint density at radius 3 is 2.88 bits per heavy atom. The Morgan fingerprint density at radius 2 is 2.12 bits per heavy atom. The van der Waals surface area contributed by atoms with Gasteiger partial charge in [0.2, 0.25) is 5.95 Å². The van der Waals surface area contributed by atoms with Gasteiger partial charge in [-0.2, -0.15) is 0 Å². The van der Waals surface area contributed by atoms with E-state index in [9.17, 15) is 0 Å². The number of nitrogens with one attached hydrogen (secondary N) is 1. The van der Waals surface area contributed by atoms with Crippen molar-refractivity contribution in [3.8, 4) is 0 Å². The molecule has 3 heterocycles. The quantitative estimate of drug-likeness (QED) is 0.726. The third-order valence-electron chi connectivity index (χ3n) is 3.88. The number of H-pyrrole nitrogens is 1. The normalized spacial score (nSPS) is 30.5. The van der Waals surface area contributed by atoms with Crippen LogP contribution in [0.2, 0.25) is 0 Å². The van der Waals surface area contributed by atoms with E-state index in [0.29, 0.717) is 22.8 Å². The van der Waals surface area contributed by atoms with Crippen molar-refractivity contribution in [2.75, 3.05) is 18.8 Å². The number of nitrogens with two attached hydrogens (primary N) is 1. The maximum Gasteiger partial charge on any atom is 0.220 e. The SMILES string of the molecule is Nc1n[nH]c(=S)n1C1CCN2CCCCC12. The average Bonchev–Trinajstić information content (AvgIpc) is 2.83. The topological polar surface area (TPSA) is 62.9 Å². The first-order valence-corrected chi connectivity index (χ1v) is 6.34. The van der Waals surface area contributed by atoms with Crippen molar-refractivity contribution >= 4 is 18.2 Å². The fourth-order valence-corrected chi connectivity index (χ4v) is 3.43. The molecule has 0 bridgehead atoms. The van der Waals surface area contributed by atoms with Crippen LogP contribution in [0.15, 0.2) is 0 Å². The third-order valence-corrected chi connectivity index (χ3v) is 4.17. The molecule has 88 valence electrons. The van der Waals surface area contributed by atoms with Gasteiger partial charge in [0.05, 0.1) is 6.04 Å². The lowest BCUT2D eigenvalue weighted by molar-refractivity contribution is 0.173. The summed E-state index contributed by atoms with van der Waals surface area (Å²) in [4.78, 5) is 2.57. The summed E-state index contributed by atoms with van der Waals surface area (Å²) >= 11 is 5.25. The molecule has 1 aromatic heterocycles. The highest BCUT2D eigenvalue weighted by molar-refractivity contribution is 7.71. The lowest BCUT2D eigenvalue weighted by Gasteiger charge is -2.32. The van der Waals surface area contributed by atoms with Crippen LogP contribution in [0.3, 0.4) is 0 Å². The standard InChI is InChI=1S/C10H17N5S/c11-9-12-13-10(16)15(9)8-4-6-14-5-2-1-3-7(8)14/h7-8H,1-6H2,(H2,11,12)(H,13,16). The van der Waals surface area contributed by atoms with E-state index in [0.717, 1.165) is 6.42 Å². The highest BCUT2D eigenvalue weighted by Crippen LogP contribution is 2.35. The lowest BCUT2D eigenvalue weighted by atomic mass is 9.99. The zero-order valence-electron chi connectivity index (χ0n) is 9.22. The van der Waals surface area contributed by atoms with Crippen LogP contribution >= 0.6 is 12.2 Å². The molecule has 2 fully saturated rings. The van der Waals surface area contributed by atoms with E-state index in [1.165, 1.54) is 32.4 Å². The van der Waals surface area contributed by atoms with Gasteiger partial charge in [0.1, 0.15) is 0 Å². The molecule has 0 saturated carbocycles. The summed E-state index contributed by atoms with van der Waals surface area (Å²) in [5.41, 5.74) is 5.88. The first-order chi connectivity index (χ1) is 7.77.